The summed E-state index contributed by atoms with van der Waals surface area (Å²) in [6.07, 6.45) is 39.1. The van der Waals surface area contributed by atoms with E-state index < -0.39 is 55.3 Å². The number of carbonyl (C=O) groups is 6. The minimum atomic E-state index is -0.842. The van der Waals surface area contributed by atoms with Crippen molar-refractivity contribution in [2.45, 2.75) is 456 Å². The maximum atomic E-state index is 12.9. The van der Waals surface area contributed by atoms with Crippen LogP contribution in [0.15, 0.2) is 0 Å². The number of carbonyl (C=O) groups excluding carboxylic acids is 6. The molecule has 0 radical (unpaired) electrons. The number of nitriles is 1. The predicted molar refractivity (Wildman–Crippen MR) is 477 cm³/mol. The third-order valence-electron chi connectivity index (χ3n) is 42.1. The molecule has 0 aromatic rings. The van der Waals surface area contributed by atoms with E-state index in [-0.39, 0.29) is 86.7 Å². The van der Waals surface area contributed by atoms with E-state index in [9.17, 15) is 59.4 Å². The molecule has 0 heterocycles. The molecular formula is C107H167NO18. The summed E-state index contributed by atoms with van der Waals surface area (Å²) in [5.41, 5.74) is -7.70. The molecule has 0 saturated heterocycles. The molecule has 31 aliphatic carbocycles. The SMILES string of the molecule is CC#N.CCC(C)(C)C(=O)OC12CC3C4CC5(O)CC3C(C1)C(C5)C4C2.CCC(C)(C)C(=O)OC12CC3C4CC5CC3C(O)(C1)C(C5)C4C2.CCC(C)(C)C(=O)OC12CC3CC(CC(O)(C3)C1)C2.CCC(C)(C)C(=O)OC12CC3CC(O)(CC(O)(C3)C1)C2.CCC(C)(C)C(=O)OC12CC3CC4C1CC1CC2C(C3)C4(O)C1.CCC(C)(C)C(=O)OC1CC2CCC1C2. The van der Waals surface area contributed by atoms with Crippen molar-refractivity contribution in [2.75, 3.05) is 0 Å². The van der Waals surface area contributed by atoms with Crippen LogP contribution in [0.5, 0.6) is 0 Å². The second kappa shape index (κ2) is 31.6. The van der Waals surface area contributed by atoms with Crippen LogP contribution in [-0.2, 0) is 57.2 Å². The number of hydrogen-bond acceptors (Lipinski definition) is 19. The van der Waals surface area contributed by atoms with Crippen LogP contribution in [0, 0.1) is 180 Å². The Morgan fingerprint density at radius 1 is 0.294 bits per heavy atom. The van der Waals surface area contributed by atoms with Crippen molar-refractivity contribution < 1.29 is 87.8 Å². The van der Waals surface area contributed by atoms with Gasteiger partial charge in [-0.25, -0.2) is 0 Å². The molecule has 0 spiro atoms. The molecule has 15 unspecified atom stereocenters. The van der Waals surface area contributed by atoms with Gasteiger partial charge in [0.2, 0.25) is 0 Å². The molecule has 31 fully saturated rings. The fourth-order valence-electron chi connectivity index (χ4n) is 34.8. The lowest BCUT2D eigenvalue weighted by Gasteiger charge is -2.75. The number of fused-ring (bicyclic) bond motifs is 2. The van der Waals surface area contributed by atoms with Gasteiger partial charge in [0.05, 0.1) is 72.2 Å². The van der Waals surface area contributed by atoms with Crippen LogP contribution in [0.4, 0.5) is 0 Å². The van der Waals surface area contributed by atoms with E-state index in [1.165, 1.54) is 77.6 Å². The Balaban J connectivity index is 0.000000107. The van der Waals surface area contributed by atoms with Crippen LogP contribution >= 0.6 is 0 Å². The summed E-state index contributed by atoms with van der Waals surface area (Å²) in [4.78, 5) is 75.0. The number of hydrogen-bond donors (Lipinski definition) is 6. The van der Waals surface area contributed by atoms with E-state index in [2.05, 4.69) is 13.8 Å². The number of rotatable bonds is 18. The monoisotopic (exact) mass is 1750 g/mol. The molecule has 19 heteroatoms. The lowest BCUT2D eigenvalue weighted by molar-refractivity contribution is -0.345. The molecule has 0 amide bonds. The number of aliphatic hydroxyl groups is 6. The third kappa shape index (κ3) is 15.9. The molecule has 31 aliphatic rings. The topological polar surface area (TPSA) is 303 Å². The minimum Gasteiger partial charge on any atom is -0.462 e. The average molecular weight is 1760 g/mol. The standard InChI is InChI=1S/3C20H30O3.C16H26O4.C16H26O3.C13H22O2.C2H3N/c1-4-18(2,3)17(21)23-20-10-12-5-13-15(20)7-11-8-16(20)14(6-12)19(13,22)9-11;1-4-18(2,3)17(21)23-20-8-14-11-5-19(22)6-12(14)16(10-20)13(7-19)15(11)9-20;1-4-18(2,3)17(21)23-19-8-13-12-5-11-6-15(13)20(22,10-19)16(7-11)14(12)9-19;1-4-13(2,3)12(17)20-16-7-11-5-14(18,9-16)8-15(19,6-11)10-16;1-4-14(2,3)13(17)19-16-8-11-5-12(9-16)7-15(18,6-11)10-16;1-4-13(2,3)12(14)15-11-8-9-5-6-10(11)7-9;1-2-3/h3*11-16,22H,4-10H2,1-3H3;11,18-19H,4-10H2,1-3H3;11-12,18H,4-10H2,1-3H3;9-11H,4-8H2,1-3H3;1H3. The lowest BCUT2D eigenvalue weighted by Crippen LogP contribution is -2.78. The Morgan fingerprint density at radius 2 is 0.651 bits per heavy atom. The maximum absolute atomic E-state index is 12.9. The maximum Gasteiger partial charge on any atom is 0.312 e. The second-order valence-corrected chi connectivity index (χ2v) is 52.8. The van der Waals surface area contributed by atoms with E-state index in [0.29, 0.717) is 145 Å². The van der Waals surface area contributed by atoms with Crippen LogP contribution < -0.4 is 0 Å². The first-order valence-corrected chi connectivity index (χ1v) is 51.7. The Kier molecular flexibility index (Phi) is 23.5. The van der Waals surface area contributed by atoms with Crippen LogP contribution in [0.1, 0.15) is 388 Å². The van der Waals surface area contributed by atoms with E-state index in [4.69, 9.17) is 33.7 Å². The van der Waals surface area contributed by atoms with Gasteiger partial charge in [0.25, 0.3) is 0 Å². The van der Waals surface area contributed by atoms with E-state index in [0.717, 1.165) is 172 Å². The molecule has 126 heavy (non-hydrogen) atoms. The molecular weight excluding hydrogens is 1590 g/mol. The van der Waals surface area contributed by atoms with Gasteiger partial charge in [-0.3, -0.25) is 28.8 Å². The van der Waals surface area contributed by atoms with Gasteiger partial charge in [0, 0.05) is 50.9 Å². The summed E-state index contributed by atoms with van der Waals surface area (Å²) in [5, 5.41) is 73.1. The second-order valence-electron chi connectivity index (χ2n) is 52.8. The predicted octanol–water partition coefficient (Wildman–Crippen LogP) is 19.5. The molecule has 0 aromatic carbocycles. The first-order chi connectivity index (χ1) is 58.6. The summed E-state index contributed by atoms with van der Waals surface area (Å²) in [5.74, 6) is 13.7. The number of nitrogens with zero attached hydrogens (tertiary/aromatic N) is 1. The smallest absolute Gasteiger partial charge is 0.312 e. The zero-order valence-electron chi connectivity index (χ0n) is 81.2. The normalized spacial score (nSPS) is 48.6. The highest BCUT2D eigenvalue weighted by Gasteiger charge is 2.79. The molecule has 34 bridgehead atoms. The Bertz CT molecular complexity index is 4070. The molecule has 0 aromatic heterocycles. The van der Waals surface area contributed by atoms with E-state index >= 15 is 0 Å². The first-order valence-electron chi connectivity index (χ1n) is 51.7. The zero-order chi connectivity index (χ0) is 91.1. The van der Waals surface area contributed by atoms with Crippen molar-refractivity contribution in [1.82, 2.24) is 0 Å². The van der Waals surface area contributed by atoms with Gasteiger partial charge in [-0.05, 0) is 432 Å². The molecule has 708 valence electrons. The summed E-state index contributed by atoms with van der Waals surface area (Å²) in [7, 11) is 0. The van der Waals surface area contributed by atoms with Crippen LogP contribution in [-0.4, -0.2) is 134 Å². The molecule has 6 N–H and O–H groups in total. The van der Waals surface area contributed by atoms with Crippen molar-refractivity contribution in [2.24, 2.45) is 169 Å². The molecule has 31 saturated carbocycles. The summed E-state index contributed by atoms with van der Waals surface area (Å²) >= 11 is 0. The fourth-order valence-corrected chi connectivity index (χ4v) is 34.8. The average Bonchev–Trinajstić information content (AvgIpc) is 0.678. The van der Waals surface area contributed by atoms with Crippen molar-refractivity contribution in [3.05, 3.63) is 0 Å². The highest BCUT2D eigenvalue weighted by Crippen LogP contribution is 2.78. The van der Waals surface area contributed by atoms with E-state index in [1.54, 1.807) is 6.07 Å². The first kappa shape index (κ1) is 93.9. The Morgan fingerprint density at radius 3 is 1.06 bits per heavy atom. The molecule has 15 atom stereocenters. The van der Waals surface area contributed by atoms with Crippen molar-refractivity contribution in [3.8, 4) is 6.07 Å². The van der Waals surface area contributed by atoms with Gasteiger partial charge < -0.3 is 59.1 Å². The van der Waals surface area contributed by atoms with Gasteiger partial charge in [-0.2, -0.15) is 5.26 Å². The van der Waals surface area contributed by atoms with Gasteiger partial charge in [0.1, 0.15) is 34.1 Å². The Labute approximate surface area is 755 Å². The Hall–Kier alpha value is -3.93. The summed E-state index contributed by atoms with van der Waals surface area (Å²) in [6, 6.07) is 1.75. The van der Waals surface area contributed by atoms with Gasteiger partial charge in [-0.1, -0.05) is 41.5 Å². The zero-order valence-corrected chi connectivity index (χ0v) is 81.2. The molecule has 19 nitrogen and oxygen atoms in total. The van der Waals surface area contributed by atoms with Crippen LogP contribution in [0.3, 0.4) is 0 Å². The van der Waals surface area contributed by atoms with Gasteiger partial charge in [0.15, 0.2) is 0 Å². The minimum absolute atomic E-state index is 0.000451. The quantitative estimate of drug-likeness (QED) is 0.0549. The highest BCUT2D eigenvalue weighted by atomic mass is 16.6. The third-order valence-corrected chi connectivity index (χ3v) is 42.1. The van der Waals surface area contributed by atoms with Crippen molar-refractivity contribution >= 4 is 35.8 Å². The van der Waals surface area contributed by atoms with Crippen molar-refractivity contribution in [1.29, 1.82) is 5.26 Å². The van der Waals surface area contributed by atoms with Gasteiger partial charge in [-0.15, -0.1) is 0 Å². The largest absolute Gasteiger partial charge is 0.462 e. The number of ether oxygens (including phenoxy) is 6. The van der Waals surface area contributed by atoms with Gasteiger partial charge >= 0.3 is 35.8 Å². The highest BCUT2D eigenvalue weighted by molar-refractivity contribution is 5.79. The van der Waals surface area contributed by atoms with Crippen LogP contribution in [0.25, 0.3) is 0 Å². The van der Waals surface area contributed by atoms with Crippen molar-refractivity contribution in [3.63, 3.8) is 0 Å². The summed E-state index contributed by atoms with van der Waals surface area (Å²) in [6.45, 7) is 37.3. The molecule has 31 rings (SSSR count). The summed E-state index contributed by atoms with van der Waals surface area (Å²) < 4.78 is 36.4. The number of esters is 6. The lowest BCUT2D eigenvalue weighted by atomic mass is 9.32. The van der Waals surface area contributed by atoms with E-state index in [1.807, 2.05) is 111 Å². The van der Waals surface area contributed by atoms with Crippen LogP contribution in [0.2, 0.25) is 0 Å². The molecule has 0 aliphatic heterocycles. The fraction of sp³-hybridized carbons (Fsp3) is 0.935.